The molecule has 0 spiro atoms. The number of hydrogen-bond donors (Lipinski definition) is 1. The Morgan fingerprint density at radius 1 is 1.19 bits per heavy atom. The van der Waals surface area contributed by atoms with E-state index < -0.39 is 0 Å². The molecule has 5 heteroatoms. The lowest BCUT2D eigenvalue weighted by Crippen LogP contribution is -1.90. The number of benzene rings is 1. The summed E-state index contributed by atoms with van der Waals surface area (Å²) in [7, 11) is 0. The van der Waals surface area contributed by atoms with E-state index in [0.717, 1.165) is 40.2 Å². The Morgan fingerprint density at radius 3 is 2.71 bits per heavy atom. The fraction of sp³-hybridized carbons (Fsp3) is 0.250. The molecule has 0 fully saturated rings. The molecular weight excluding hydrogens is 282 g/mol. The molecule has 108 valence electrons. The van der Waals surface area contributed by atoms with Crippen molar-refractivity contribution in [3.8, 4) is 0 Å². The molecule has 2 aromatic heterocycles. The van der Waals surface area contributed by atoms with Crippen LogP contribution in [0.4, 0.5) is 0 Å². The standard InChI is InChI=1S/C16H17N3OS/c1-11-8-14(19-20-11)10-21-16-17-12(2)15(18-16)9-13-6-4-3-5-7-13/h3-8H,9-10H2,1-2H3,(H,17,18). The molecule has 0 unspecified atom stereocenters. The van der Waals surface area contributed by atoms with Gasteiger partial charge in [0, 0.05) is 23.9 Å². The summed E-state index contributed by atoms with van der Waals surface area (Å²) in [5.74, 6) is 1.60. The van der Waals surface area contributed by atoms with Crippen molar-refractivity contribution in [2.24, 2.45) is 0 Å². The summed E-state index contributed by atoms with van der Waals surface area (Å²) >= 11 is 1.64. The van der Waals surface area contributed by atoms with Crippen LogP contribution in [-0.4, -0.2) is 15.1 Å². The van der Waals surface area contributed by atoms with Crippen LogP contribution < -0.4 is 0 Å². The van der Waals surface area contributed by atoms with Gasteiger partial charge in [0.25, 0.3) is 0 Å². The molecule has 3 aromatic rings. The van der Waals surface area contributed by atoms with E-state index >= 15 is 0 Å². The third-order valence-corrected chi connectivity index (χ3v) is 4.12. The fourth-order valence-corrected chi connectivity index (χ4v) is 2.95. The maximum Gasteiger partial charge on any atom is 0.166 e. The lowest BCUT2D eigenvalue weighted by Gasteiger charge is -1.98. The second-order valence-electron chi connectivity index (χ2n) is 4.99. The van der Waals surface area contributed by atoms with E-state index in [1.165, 1.54) is 5.56 Å². The minimum atomic E-state index is 0.759. The van der Waals surface area contributed by atoms with Crippen LogP contribution >= 0.6 is 11.8 Å². The SMILES string of the molecule is Cc1cc(CSc2nc(Cc3ccccc3)c(C)[nH]2)no1. The molecule has 0 amide bonds. The topological polar surface area (TPSA) is 54.7 Å². The van der Waals surface area contributed by atoms with Crippen molar-refractivity contribution >= 4 is 11.8 Å². The first-order valence-corrected chi connectivity index (χ1v) is 7.83. The molecule has 0 saturated heterocycles. The Hall–Kier alpha value is -2.01. The molecule has 2 heterocycles. The highest BCUT2D eigenvalue weighted by Gasteiger charge is 2.09. The van der Waals surface area contributed by atoms with Crippen molar-refractivity contribution < 1.29 is 4.52 Å². The number of aryl methyl sites for hydroxylation is 2. The van der Waals surface area contributed by atoms with Crippen LogP contribution in [0.15, 0.2) is 46.1 Å². The van der Waals surface area contributed by atoms with E-state index in [2.05, 4.69) is 46.3 Å². The van der Waals surface area contributed by atoms with Gasteiger partial charge in [-0.05, 0) is 19.4 Å². The van der Waals surface area contributed by atoms with Gasteiger partial charge in [-0.2, -0.15) is 0 Å². The summed E-state index contributed by atoms with van der Waals surface area (Å²) in [6.07, 6.45) is 0.854. The van der Waals surface area contributed by atoms with E-state index in [0.29, 0.717) is 0 Å². The third-order valence-electron chi connectivity index (χ3n) is 3.21. The first-order valence-electron chi connectivity index (χ1n) is 6.85. The van der Waals surface area contributed by atoms with Crippen molar-refractivity contribution in [2.45, 2.75) is 31.2 Å². The summed E-state index contributed by atoms with van der Waals surface area (Å²) in [5.41, 5.74) is 4.43. The van der Waals surface area contributed by atoms with Crippen molar-refractivity contribution in [2.75, 3.05) is 0 Å². The van der Waals surface area contributed by atoms with Gasteiger partial charge in [0.1, 0.15) is 5.76 Å². The first kappa shape index (κ1) is 13.9. The van der Waals surface area contributed by atoms with E-state index in [4.69, 9.17) is 4.52 Å². The second kappa shape index (κ2) is 6.18. The predicted molar refractivity (Wildman–Crippen MR) is 83.4 cm³/mol. The van der Waals surface area contributed by atoms with Gasteiger partial charge in [0.05, 0.1) is 11.4 Å². The molecule has 1 aromatic carbocycles. The molecule has 21 heavy (non-hydrogen) atoms. The highest BCUT2D eigenvalue weighted by Crippen LogP contribution is 2.22. The van der Waals surface area contributed by atoms with Gasteiger partial charge in [-0.1, -0.05) is 47.3 Å². The number of imidazole rings is 1. The van der Waals surface area contributed by atoms with Crippen LogP contribution in [0.5, 0.6) is 0 Å². The molecule has 0 radical (unpaired) electrons. The molecule has 0 aliphatic carbocycles. The molecule has 0 aliphatic heterocycles. The smallest absolute Gasteiger partial charge is 0.166 e. The number of aromatic amines is 1. The zero-order valence-electron chi connectivity index (χ0n) is 12.1. The molecule has 0 bridgehead atoms. The van der Waals surface area contributed by atoms with Gasteiger partial charge in [-0.25, -0.2) is 4.98 Å². The zero-order valence-corrected chi connectivity index (χ0v) is 12.9. The van der Waals surface area contributed by atoms with Crippen LogP contribution in [0, 0.1) is 13.8 Å². The predicted octanol–water partition coefficient (Wildman–Crippen LogP) is 3.90. The Bertz CT molecular complexity index is 718. The normalized spacial score (nSPS) is 11.0. The van der Waals surface area contributed by atoms with Crippen LogP contribution in [0.1, 0.15) is 28.4 Å². The summed E-state index contributed by atoms with van der Waals surface area (Å²) in [6, 6.07) is 12.3. The number of hydrogen-bond acceptors (Lipinski definition) is 4. The first-order chi connectivity index (χ1) is 10.2. The summed E-state index contributed by atoms with van der Waals surface area (Å²) in [6.45, 7) is 3.96. The average molecular weight is 299 g/mol. The lowest BCUT2D eigenvalue weighted by molar-refractivity contribution is 0.393. The van der Waals surface area contributed by atoms with E-state index in [1.807, 2.05) is 19.1 Å². The fourth-order valence-electron chi connectivity index (χ4n) is 2.12. The quantitative estimate of drug-likeness (QED) is 0.726. The number of thioether (sulfide) groups is 1. The number of nitrogens with one attached hydrogen (secondary N) is 1. The minimum Gasteiger partial charge on any atom is -0.361 e. The lowest BCUT2D eigenvalue weighted by atomic mass is 10.1. The summed E-state index contributed by atoms with van der Waals surface area (Å²) in [5, 5.41) is 4.92. The van der Waals surface area contributed by atoms with Crippen molar-refractivity contribution in [3.63, 3.8) is 0 Å². The summed E-state index contributed by atoms with van der Waals surface area (Å²) < 4.78 is 5.07. The average Bonchev–Trinajstić information content (AvgIpc) is 3.04. The molecule has 0 atom stereocenters. The molecule has 0 saturated carbocycles. The molecular formula is C16H17N3OS. The van der Waals surface area contributed by atoms with Crippen molar-refractivity contribution in [1.29, 1.82) is 0 Å². The maximum absolute atomic E-state index is 5.07. The van der Waals surface area contributed by atoms with Crippen molar-refractivity contribution in [1.82, 2.24) is 15.1 Å². The van der Waals surface area contributed by atoms with Gasteiger partial charge in [-0.3, -0.25) is 0 Å². The van der Waals surface area contributed by atoms with Gasteiger partial charge < -0.3 is 9.51 Å². The monoisotopic (exact) mass is 299 g/mol. The minimum absolute atomic E-state index is 0.759. The van der Waals surface area contributed by atoms with Gasteiger partial charge in [-0.15, -0.1) is 0 Å². The molecule has 3 rings (SSSR count). The Morgan fingerprint density at radius 2 is 2.00 bits per heavy atom. The second-order valence-corrected chi connectivity index (χ2v) is 5.96. The Balaban J connectivity index is 1.66. The number of rotatable bonds is 5. The number of nitrogens with zero attached hydrogens (tertiary/aromatic N) is 2. The molecule has 4 nitrogen and oxygen atoms in total. The number of H-pyrrole nitrogens is 1. The molecule has 0 aliphatic rings. The van der Waals surface area contributed by atoms with Crippen LogP contribution in [-0.2, 0) is 12.2 Å². The van der Waals surface area contributed by atoms with Gasteiger partial charge in [0.15, 0.2) is 5.16 Å². The highest BCUT2D eigenvalue weighted by molar-refractivity contribution is 7.98. The maximum atomic E-state index is 5.07. The van der Waals surface area contributed by atoms with Gasteiger partial charge in [0.2, 0.25) is 0 Å². The zero-order chi connectivity index (χ0) is 14.7. The van der Waals surface area contributed by atoms with Crippen LogP contribution in [0.3, 0.4) is 0 Å². The van der Waals surface area contributed by atoms with E-state index in [-0.39, 0.29) is 0 Å². The Kier molecular flexibility index (Phi) is 4.10. The highest BCUT2D eigenvalue weighted by atomic mass is 32.2. The third kappa shape index (κ3) is 3.55. The van der Waals surface area contributed by atoms with Crippen LogP contribution in [0.2, 0.25) is 0 Å². The Labute approximate surface area is 128 Å². The number of aromatic nitrogens is 3. The summed E-state index contributed by atoms with van der Waals surface area (Å²) in [4.78, 5) is 8.01. The molecule has 1 N–H and O–H groups in total. The van der Waals surface area contributed by atoms with E-state index in [1.54, 1.807) is 11.8 Å². The largest absolute Gasteiger partial charge is 0.361 e. The van der Waals surface area contributed by atoms with Gasteiger partial charge >= 0.3 is 0 Å². The van der Waals surface area contributed by atoms with Crippen LogP contribution in [0.25, 0.3) is 0 Å². The van der Waals surface area contributed by atoms with E-state index in [9.17, 15) is 0 Å². The van der Waals surface area contributed by atoms with Crippen molar-refractivity contribution in [3.05, 3.63) is 64.8 Å².